The number of likely N-dealkylation sites (tertiary alicyclic amines) is 1. The van der Waals surface area contributed by atoms with Crippen molar-refractivity contribution in [3.8, 4) is 0 Å². The molecule has 0 radical (unpaired) electrons. The van der Waals surface area contributed by atoms with Gasteiger partial charge >= 0.3 is 0 Å². The van der Waals surface area contributed by atoms with Gasteiger partial charge in [0.25, 0.3) is 0 Å². The monoisotopic (exact) mass is 271 g/mol. The molecule has 2 heterocycles. The minimum atomic E-state index is -0.0373. The molecule has 0 spiro atoms. The molecule has 1 aromatic rings. The third-order valence-electron chi connectivity index (χ3n) is 3.53. The maximum Gasteiger partial charge on any atom is 0.189 e. The molecule has 4 heteroatoms. The molecule has 2 nitrogen and oxygen atoms in total. The van der Waals surface area contributed by atoms with Crippen LogP contribution in [0.15, 0.2) is 12.1 Å². The molecule has 0 amide bonds. The van der Waals surface area contributed by atoms with Gasteiger partial charge in [0.1, 0.15) is 0 Å². The highest BCUT2D eigenvalue weighted by Gasteiger charge is 2.33. The highest BCUT2D eigenvalue weighted by Crippen LogP contribution is 2.28. The third-order valence-corrected chi connectivity index (χ3v) is 4.77. The van der Waals surface area contributed by atoms with Gasteiger partial charge in [-0.2, -0.15) is 0 Å². The van der Waals surface area contributed by atoms with Gasteiger partial charge in [-0.25, -0.2) is 0 Å². The first-order chi connectivity index (χ1) is 7.99. The van der Waals surface area contributed by atoms with E-state index in [9.17, 15) is 4.79 Å². The summed E-state index contributed by atoms with van der Waals surface area (Å²) < 4.78 is 0.684. The van der Waals surface area contributed by atoms with Gasteiger partial charge in [0.2, 0.25) is 0 Å². The minimum absolute atomic E-state index is 0.0373. The Morgan fingerprint density at radius 2 is 2.24 bits per heavy atom. The van der Waals surface area contributed by atoms with Gasteiger partial charge in [0, 0.05) is 12.6 Å². The fourth-order valence-electron chi connectivity index (χ4n) is 2.68. The Labute approximate surface area is 112 Å². The molecule has 3 atom stereocenters. The van der Waals surface area contributed by atoms with Crippen molar-refractivity contribution >= 4 is 28.7 Å². The summed E-state index contributed by atoms with van der Waals surface area (Å²) in [5.74, 6) is 0.884. The SMILES string of the molecule is CC1CC(C)N(C(C)C(=O)c2ccc(Cl)s2)C1. The van der Waals surface area contributed by atoms with Crippen LogP contribution in [0.4, 0.5) is 0 Å². The Kier molecular flexibility index (Phi) is 3.91. The van der Waals surface area contributed by atoms with Crippen molar-refractivity contribution in [1.29, 1.82) is 0 Å². The van der Waals surface area contributed by atoms with Crippen LogP contribution in [-0.4, -0.2) is 29.3 Å². The number of carbonyl (C=O) groups is 1. The maximum atomic E-state index is 12.3. The molecule has 1 aliphatic rings. The quantitative estimate of drug-likeness (QED) is 0.782. The van der Waals surface area contributed by atoms with E-state index in [-0.39, 0.29) is 11.8 Å². The fraction of sp³-hybridized carbons (Fsp3) is 0.615. The molecule has 0 bridgehead atoms. The van der Waals surface area contributed by atoms with Crippen molar-refractivity contribution in [1.82, 2.24) is 4.90 Å². The van der Waals surface area contributed by atoms with Crippen LogP contribution in [0.3, 0.4) is 0 Å². The minimum Gasteiger partial charge on any atom is -0.291 e. The molecule has 0 aromatic carbocycles. The van der Waals surface area contributed by atoms with E-state index >= 15 is 0 Å². The molecule has 0 N–H and O–H groups in total. The molecule has 1 fully saturated rings. The van der Waals surface area contributed by atoms with E-state index < -0.39 is 0 Å². The van der Waals surface area contributed by atoms with Crippen LogP contribution in [-0.2, 0) is 0 Å². The number of nitrogens with zero attached hydrogens (tertiary/aromatic N) is 1. The van der Waals surface area contributed by atoms with Crippen molar-refractivity contribution in [3.05, 3.63) is 21.3 Å². The number of hydrogen-bond donors (Lipinski definition) is 0. The molecule has 2 rings (SSSR count). The Hall–Kier alpha value is -0.380. The van der Waals surface area contributed by atoms with E-state index in [4.69, 9.17) is 11.6 Å². The van der Waals surface area contributed by atoms with Crippen LogP contribution in [0.1, 0.15) is 36.9 Å². The lowest BCUT2D eigenvalue weighted by Crippen LogP contribution is -2.41. The Morgan fingerprint density at radius 1 is 1.53 bits per heavy atom. The summed E-state index contributed by atoms with van der Waals surface area (Å²) in [7, 11) is 0. The molecular formula is C13H18ClNOS. The number of ketones is 1. The first-order valence-electron chi connectivity index (χ1n) is 6.04. The largest absolute Gasteiger partial charge is 0.291 e. The molecule has 0 aliphatic carbocycles. The van der Waals surface area contributed by atoms with Crippen molar-refractivity contribution in [2.24, 2.45) is 5.92 Å². The molecule has 17 heavy (non-hydrogen) atoms. The highest BCUT2D eigenvalue weighted by molar-refractivity contribution is 7.18. The third kappa shape index (κ3) is 2.72. The maximum absolute atomic E-state index is 12.3. The van der Waals surface area contributed by atoms with Gasteiger partial charge in [0.05, 0.1) is 15.3 Å². The van der Waals surface area contributed by atoms with Crippen LogP contribution >= 0.6 is 22.9 Å². The standard InChI is InChI=1S/C13H18ClNOS/c1-8-6-9(2)15(7-8)10(3)13(16)11-4-5-12(14)17-11/h4-5,8-10H,6-7H2,1-3H3. The lowest BCUT2D eigenvalue weighted by Gasteiger charge is -2.27. The van der Waals surface area contributed by atoms with Gasteiger partial charge in [0.15, 0.2) is 5.78 Å². The number of thiophene rings is 1. The van der Waals surface area contributed by atoms with Crippen molar-refractivity contribution < 1.29 is 4.79 Å². The predicted octanol–water partition coefficient (Wildman–Crippen LogP) is 3.70. The van der Waals surface area contributed by atoms with Crippen LogP contribution in [0.25, 0.3) is 0 Å². The van der Waals surface area contributed by atoms with Gasteiger partial charge in [-0.05, 0) is 38.3 Å². The first kappa shape index (κ1) is 13.1. The van der Waals surface area contributed by atoms with Gasteiger partial charge in [-0.15, -0.1) is 11.3 Å². The number of carbonyl (C=O) groups excluding carboxylic acids is 1. The molecule has 1 saturated heterocycles. The van der Waals surface area contributed by atoms with E-state index in [1.54, 1.807) is 6.07 Å². The molecule has 1 aliphatic heterocycles. The fourth-order valence-corrected chi connectivity index (χ4v) is 3.74. The normalized spacial score (nSPS) is 27.3. The zero-order valence-electron chi connectivity index (χ0n) is 10.4. The topological polar surface area (TPSA) is 20.3 Å². The summed E-state index contributed by atoms with van der Waals surface area (Å²) in [5, 5.41) is 0. The lowest BCUT2D eigenvalue weighted by molar-refractivity contribution is 0.0831. The van der Waals surface area contributed by atoms with Gasteiger partial charge in [-0.3, -0.25) is 9.69 Å². The summed E-state index contributed by atoms with van der Waals surface area (Å²) in [4.78, 5) is 15.4. The van der Waals surface area contributed by atoms with Gasteiger partial charge < -0.3 is 0 Å². The Balaban J connectivity index is 2.10. The average Bonchev–Trinajstić information content (AvgIpc) is 2.83. The number of halogens is 1. The van der Waals surface area contributed by atoms with Crippen molar-refractivity contribution in [2.45, 2.75) is 39.3 Å². The molecule has 3 unspecified atom stereocenters. The summed E-state index contributed by atoms with van der Waals surface area (Å²) in [6.45, 7) is 7.47. The summed E-state index contributed by atoms with van der Waals surface area (Å²) >= 11 is 7.25. The zero-order valence-corrected chi connectivity index (χ0v) is 12.0. The van der Waals surface area contributed by atoms with E-state index in [1.165, 1.54) is 17.8 Å². The second-order valence-corrected chi connectivity index (χ2v) is 6.75. The van der Waals surface area contributed by atoms with Crippen LogP contribution in [0, 0.1) is 5.92 Å². The van der Waals surface area contributed by atoms with Crippen molar-refractivity contribution in [2.75, 3.05) is 6.54 Å². The predicted molar refractivity (Wildman–Crippen MR) is 73.1 cm³/mol. The van der Waals surface area contributed by atoms with E-state index in [0.717, 1.165) is 11.4 Å². The van der Waals surface area contributed by atoms with Crippen LogP contribution < -0.4 is 0 Å². The Morgan fingerprint density at radius 3 is 2.71 bits per heavy atom. The highest BCUT2D eigenvalue weighted by atomic mass is 35.5. The van der Waals surface area contributed by atoms with Crippen molar-refractivity contribution in [3.63, 3.8) is 0 Å². The van der Waals surface area contributed by atoms with E-state index in [1.807, 2.05) is 13.0 Å². The summed E-state index contributed by atoms with van der Waals surface area (Å²) in [5.41, 5.74) is 0. The molecule has 1 aromatic heterocycles. The number of hydrogen-bond acceptors (Lipinski definition) is 3. The molecular weight excluding hydrogens is 254 g/mol. The summed E-state index contributed by atoms with van der Waals surface area (Å²) in [6, 6.07) is 4.09. The van der Waals surface area contributed by atoms with Crippen LogP contribution in [0.2, 0.25) is 4.34 Å². The zero-order chi connectivity index (χ0) is 12.6. The second kappa shape index (κ2) is 5.09. The average molecular weight is 272 g/mol. The van der Waals surface area contributed by atoms with Gasteiger partial charge in [-0.1, -0.05) is 18.5 Å². The van der Waals surface area contributed by atoms with Crippen LogP contribution in [0.5, 0.6) is 0 Å². The molecule has 0 saturated carbocycles. The van der Waals surface area contributed by atoms with E-state index in [2.05, 4.69) is 18.7 Å². The van der Waals surface area contributed by atoms with E-state index in [0.29, 0.717) is 16.3 Å². The summed E-state index contributed by atoms with van der Waals surface area (Å²) in [6.07, 6.45) is 1.18. The number of Topliss-reactive ketones (excluding diaryl/α,β-unsaturated/α-hetero) is 1. The lowest BCUT2D eigenvalue weighted by atomic mass is 10.1. The smallest absolute Gasteiger partial charge is 0.189 e. The first-order valence-corrected chi connectivity index (χ1v) is 7.23. The second-order valence-electron chi connectivity index (χ2n) is 5.03. The number of rotatable bonds is 3. The molecule has 94 valence electrons. The Bertz CT molecular complexity index is 417.